The Morgan fingerprint density at radius 1 is 1.71 bits per heavy atom. The van der Waals surface area contributed by atoms with Gasteiger partial charge < -0.3 is 15.4 Å². The highest BCUT2D eigenvalue weighted by molar-refractivity contribution is 5.67. The van der Waals surface area contributed by atoms with Crippen LogP contribution in [0, 0.1) is 11.3 Å². The number of methoxy groups -OCH3 is 1. The average molecular weight is 198 g/mol. The maximum absolute atomic E-state index is 11.3. The minimum Gasteiger partial charge on any atom is -0.453 e. The van der Waals surface area contributed by atoms with Crippen LogP contribution in [-0.2, 0) is 4.74 Å². The third-order valence-corrected chi connectivity index (χ3v) is 3.68. The van der Waals surface area contributed by atoms with Crippen molar-refractivity contribution in [3.8, 4) is 0 Å². The summed E-state index contributed by atoms with van der Waals surface area (Å²) in [5.41, 5.74) is 6.01. The van der Waals surface area contributed by atoms with Gasteiger partial charge in [-0.25, -0.2) is 4.79 Å². The fraction of sp³-hybridized carbons (Fsp3) is 0.900. The molecule has 2 N–H and O–H groups in total. The van der Waals surface area contributed by atoms with Gasteiger partial charge in [0.25, 0.3) is 0 Å². The van der Waals surface area contributed by atoms with Gasteiger partial charge in [-0.15, -0.1) is 0 Å². The van der Waals surface area contributed by atoms with Crippen LogP contribution in [0.3, 0.4) is 0 Å². The number of hydrogen-bond donors (Lipinski definition) is 1. The summed E-state index contributed by atoms with van der Waals surface area (Å²) >= 11 is 0. The second kappa shape index (κ2) is 3.42. The van der Waals surface area contributed by atoms with E-state index in [2.05, 4.69) is 0 Å². The van der Waals surface area contributed by atoms with Gasteiger partial charge in [0, 0.05) is 13.1 Å². The number of amides is 1. The van der Waals surface area contributed by atoms with E-state index in [1.54, 1.807) is 0 Å². The first-order chi connectivity index (χ1) is 6.72. The largest absolute Gasteiger partial charge is 0.453 e. The van der Waals surface area contributed by atoms with Gasteiger partial charge in [-0.2, -0.15) is 0 Å². The average Bonchev–Trinajstić information content (AvgIpc) is 2.90. The third kappa shape index (κ3) is 1.47. The van der Waals surface area contributed by atoms with Crippen molar-refractivity contribution in [2.24, 2.45) is 17.1 Å². The lowest BCUT2D eigenvalue weighted by Gasteiger charge is -2.32. The predicted molar refractivity (Wildman–Crippen MR) is 52.8 cm³/mol. The molecule has 4 nitrogen and oxygen atoms in total. The topological polar surface area (TPSA) is 55.6 Å². The van der Waals surface area contributed by atoms with E-state index in [1.165, 1.54) is 20.0 Å². The van der Waals surface area contributed by atoms with Gasteiger partial charge in [0.2, 0.25) is 0 Å². The normalized spacial score (nSPS) is 35.9. The Hall–Kier alpha value is -0.770. The van der Waals surface area contributed by atoms with Crippen LogP contribution in [-0.4, -0.2) is 37.7 Å². The number of hydrogen-bond acceptors (Lipinski definition) is 3. The lowest BCUT2D eigenvalue weighted by atomic mass is 9.92. The van der Waals surface area contributed by atoms with Crippen molar-refractivity contribution >= 4 is 6.09 Å². The Morgan fingerprint density at radius 3 is 3.07 bits per heavy atom. The van der Waals surface area contributed by atoms with Crippen molar-refractivity contribution in [3.63, 3.8) is 0 Å². The molecule has 1 aliphatic carbocycles. The minimum atomic E-state index is -0.188. The number of carbonyl (C=O) groups is 1. The van der Waals surface area contributed by atoms with Crippen molar-refractivity contribution in [2.75, 3.05) is 26.7 Å². The number of rotatable bonds is 1. The van der Waals surface area contributed by atoms with E-state index in [9.17, 15) is 4.79 Å². The molecule has 0 aromatic rings. The van der Waals surface area contributed by atoms with Crippen molar-refractivity contribution in [1.29, 1.82) is 0 Å². The highest BCUT2D eigenvalue weighted by Crippen LogP contribution is 2.57. The second-order valence-electron chi connectivity index (χ2n) is 4.49. The minimum absolute atomic E-state index is 0.188. The fourth-order valence-corrected chi connectivity index (χ4v) is 2.71. The van der Waals surface area contributed by atoms with Gasteiger partial charge in [0.05, 0.1) is 7.11 Å². The Labute approximate surface area is 84.4 Å². The standard InChI is InChI=1S/C10H18N2O2/c1-14-9(13)12-4-2-3-10(7-12)5-8(10)6-11/h8H,2-7,11H2,1H3. The third-order valence-electron chi connectivity index (χ3n) is 3.68. The number of nitrogens with two attached hydrogens (primary N) is 1. The molecule has 1 saturated heterocycles. The van der Waals surface area contributed by atoms with Gasteiger partial charge in [0.1, 0.15) is 0 Å². The van der Waals surface area contributed by atoms with Crippen LogP contribution >= 0.6 is 0 Å². The molecule has 4 heteroatoms. The quantitative estimate of drug-likeness (QED) is 0.678. The van der Waals surface area contributed by atoms with Crippen LogP contribution in [0.4, 0.5) is 4.79 Å². The van der Waals surface area contributed by atoms with E-state index in [4.69, 9.17) is 10.5 Å². The summed E-state index contributed by atoms with van der Waals surface area (Å²) in [6, 6.07) is 0. The Balaban J connectivity index is 1.95. The SMILES string of the molecule is COC(=O)N1CCCC2(CC2CN)C1. The summed E-state index contributed by atoms with van der Waals surface area (Å²) in [7, 11) is 1.44. The second-order valence-corrected chi connectivity index (χ2v) is 4.49. The van der Waals surface area contributed by atoms with E-state index in [-0.39, 0.29) is 6.09 Å². The van der Waals surface area contributed by atoms with Crippen molar-refractivity contribution < 1.29 is 9.53 Å². The summed E-state index contributed by atoms with van der Waals surface area (Å²) < 4.78 is 4.74. The van der Waals surface area contributed by atoms with Gasteiger partial charge in [0.15, 0.2) is 0 Å². The molecule has 0 bridgehead atoms. The molecule has 1 spiro atoms. The van der Waals surface area contributed by atoms with E-state index >= 15 is 0 Å². The van der Waals surface area contributed by atoms with Crippen LogP contribution in [0.5, 0.6) is 0 Å². The maximum atomic E-state index is 11.3. The Bertz CT molecular complexity index is 244. The van der Waals surface area contributed by atoms with E-state index < -0.39 is 0 Å². The summed E-state index contributed by atoms with van der Waals surface area (Å²) in [6.07, 6.45) is 3.32. The van der Waals surface area contributed by atoms with Gasteiger partial charge in [-0.05, 0) is 37.1 Å². The Morgan fingerprint density at radius 2 is 2.50 bits per heavy atom. The molecule has 0 radical (unpaired) electrons. The molecule has 2 fully saturated rings. The zero-order chi connectivity index (χ0) is 10.2. The van der Waals surface area contributed by atoms with Crippen LogP contribution in [0.2, 0.25) is 0 Å². The van der Waals surface area contributed by atoms with Gasteiger partial charge >= 0.3 is 6.09 Å². The van der Waals surface area contributed by atoms with Crippen LogP contribution in [0.1, 0.15) is 19.3 Å². The van der Waals surface area contributed by atoms with Gasteiger partial charge in [-0.1, -0.05) is 0 Å². The molecule has 2 rings (SSSR count). The number of nitrogens with zero attached hydrogens (tertiary/aromatic N) is 1. The molecule has 2 atom stereocenters. The zero-order valence-electron chi connectivity index (χ0n) is 8.66. The van der Waals surface area contributed by atoms with E-state index in [0.29, 0.717) is 11.3 Å². The first kappa shape index (κ1) is 9.77. The Kier molecular flexibility index (Phi) is 2.39. The van der Waals surface area contributed by atoms with Crippen molar-refractivity contribution in [2.45, 2.75) is 19.3 Å². The summed E-state index contributed by atoms with van der Waals surface area (Å²) in [5.74, 6) is 0.634. The molecule has 1 heterocycles. The molecule has 1 saturated carbocycles. The molecule has 0 aromatic heterocycles. The number of ether oxygens (including phenoxy) is 1. The van der Waals surface area contributed by atoms with E-state index in [0.717, 1.165) is 26.1 Å². The number of likely N-dealkylation sites (tertiary alicyclic amines) is 1. The molecule has 80 valence electrons. The number of carbonyl (C=O) groups excluding carboxylic acids is 1. The molecule has 14 heavy (non-hydrogen) atoms. The zero-order valence-corrected chi connectivity index (χ0v) is 8.66. The lowest BCUT2D eigenvalue weighted by molar-refractivity contribution is 0.0943. The molecule has 0 aromatic carbocycles. The van der Waals surface area contributed by atoms with Gasteiger partial charge in [-0.3, -0.25) is 0 Å². The van der Waals surface area contributed by atoms with Crippen molar-refractivity contribution in [1.82, 2.24) is 4.90 Å². The molecule has 1 aliphatic heterocycles. The van der Waals surface area contributed by atoms with Crippen LogP contribution < -0.4 is 5.73 Å². The molecular formula is C10H18N2O2. The number of piperidine rings is 1. The highest BCUT2D eigenvalue weighted by Gasteiger charge is 2.55. The summed E-state index contributed by atoms with van der Waals surface area (Å²) in [4.78, 5) is 13.2. The van der Waals surface area contributed by atoms with Crippen molar-refractivity contribution in [3.05, 3.63) is 0 Å². The highest BCUT2D eigenvalue weighted by atomic mass is 16.5. The predicted octanol–water partition coefficient (Wildman–Crippen LogP) is 0.814. The lowest BCUT2D eigenvalue weighted by Crippen LogP contribution is -2.41. The molecule has 1 amide bonds. The fourth-order valence-electron chi connectivity index (χ4n) is 2.71. The first-order valence-corrected chi connectivity index (χ1v) is 5.25. The monoisotopic (exact) mass is 198 g/mol. The van der Waals surface area contributed by atoms with Crippen LogP contribution in [0.15, 0.2) is 0 Å². The van der Waals surface area contributed by atoms with E-state index in [1.807, 2.05) is 4.90 Å². The smallest absolute Gasteiger partial charge is 0.409 e. The molecule has 2 unspecified atom stereocenters. The summed E-state index contributed by atoms with van der Waals surface area (Å²) in [5, 5.41) is 0. The molecular weight excluding hydrogens is 180 g/mol. The first-order valence-electron chi connectivity index (χ1n) is 5.25. The molecule has 2 aliphatic rings. The maximum Gasteiger partial charge on any atom is 0.409 e. The van der Waals surface area contributed by atoms with Crippen LogP contribution in [0.25, 0.3) is 0 Å². The summed E-state index contributed by atoms with van der Waals surface area (Å²) in [6.45, 7) is 2.45.